The lowest BCUT2D eigenvalue weighted by atomic mass is 10.2. The first-order valence-corrected chi connectivity index (χ1v) is 10.6. The number of rotatable bonds is 7. The number of carbonyl (C=O) groups excluding carboxylic acids is 1. The largest absolute Gasteiger partial charge is 0.368 e. The highest BCUT2D eigenvalue weighted by molar-refractivity contribution is 5.85. The van der Waals surface area contributed by atoms with Crippen molar-refractivity contribution in [2.24, 2.45) is 4.99 Å². The van der Waals surface area contributed by atoms with Gasteiger partial charge in [-0.15, -0.1) is 10.2 Å². The predicted molar refractivity (Wildman–Crippen MR) is 119 cm³/mol. The molecule has 168 valence electrons. The number of hydrogen-bond donors (Lipinski definition) is 1. The third-order valence-corrected chi connectivity index (χ3v) is 5.28. The summed E-state index contributed by atoms with van der Waals surface area (Å²) in [5.74, 6) is 1.39. The smallest absolute Gasteiger partial charge is 0.243 e. The molecule has 1 aromatic carbocycles. The van der Waals surface area contributed by atoms with Crippen LogP contribution >= 0.6 is 0 Å². The lowest BCUT2D eigenvalue weighted by Gasteiger charge is -2.37. The molecule has 10 heteroatoms. The summed E-state index contributed by atoms with van der Waals surface area (Å²) in [6, 6.07) is 6.58. The lowest BCUT2D eigenvalue weighted by molar-refractivity contribution is -0.127. The minimum absolute atomic E-state index is 0.0451. The van der Waals surface area contributed by atoms with Crippen LogP contribution < -0.4 is 10.2 Å². The van der Waals surface area contributed by atoms with Crippen molar-refractivity contribution in [3.05, 3.63) is 42.2 Å². The number of hydrogen-bond acceptors (Lipinski definition) is 5. The van der Waals surface area contributed by atoms with Crippen molar-refractivity contribution >= 4 is 17.6 Å². The van der Waals surface area contributed by atoms with Gasteiger partial charge >= 0.3 is 0 Å². The normalized spacial score (nSPS) is 14.6. The van der Waals surface area contributed by atoms with Crippen LogP contribution in [0.1, 0.15) is 12.7 Å². The highest BCUT2D eigenvalue weighted by Gasteiger charge is 2.20. The van der Waals surface area contributed by atoms with Gasteiger partial charge in [0.1, 0.15) is 24.5 Å². The number of guanidine groups is 1. The molecule has 0 saturated carbocycles. The van der Waals surface area contributed by atoms with E-state index in [-0.39, 0.29) is 18.3 Å². The Kier molecular flexibility index (Phi) is 7.80. The molecule has 0 spiro atoms. The molecule has 1 N–H and O–H groups in total. The summed E-state index contributed by atoms with van der Waals surface area (Å²) in [7, 11) is 3.45. The van der Waals surface area contributed by atoms with Gasteiger partial charge in [-0.1, -0.05) is 6.92 Å². The van der Waals surface area contributed by atoms with Crippen molar-refractivity contribution in [2.75, 3.05) is 58.3 Å². The van der Waals surface area contributed by atoms with E-state index in [4.69, 9.17) is 0 Å². The molecule has 2 aromatic rings. The number of aliphatic imine (C=N–C) groups is 1. The minimum Gasteiger partial charge on any atom is -0.368 e. The van der Waals surface area contributed by atoms with E-state index in [9.17, 15) is 9.18 Å². The van der Waals surface area contributed by atoms with Gasteiger partial charge in [0.25, 0.3) is 0 Å². The Morgan fingerprint density at radius 1 is 1.19 bits per heavy atom. The van der Waals surface area contributed by atoms with Crippen molar-refractivity contribution < 1.29 is 9.18 Å². The summed E-state index contributed by atoms with van der Waals surface area (Å²) in [6.45, 7) is 6.61. The Morgan fingerprint density at radius 2 is 1.90 bits per heavy atom. The standard InChI is InChI=1S/C21H31FN8O/c1-4-19-26-25-16-30(19)10-9-23-21(24-15-20(31)27(2)3)29-13-11-28(12-14-29)18-7-5-17(22)6-8-18/h5-8,16H,4,9-15H2,1-3H3,(H,23,24). The summed E-state index contributed by atoms with van der Waals surface area (Å²) in [6.07, 6.45) is 2.55. The van der Waals surface area contributed by atoms with Crippen LogP contribution in [-0.4, -0.2) is 89.8 Å². The molecule has 1 fully saturated rings. The number of aromatic nitrogens is 3. The number of halogens is 1. The fraction of sp³-hybridized carbons (Fsp3) is 0.524. The molecule has 3 rings (SSSR count). The van der Waals surface area contributed by atoms with Crippen LogP contribution in [0.4, 0.5) is 10.1 Å². The van der Waals surface area contributed by atoms with Crippen molar-refractivity contribution in [3.63, 3.8) is 0 Å². The van der Waals surface area contributed by atoms with Crippen LogP contribution in [0.2, 0.25) is 0 Å². The van der Waals surface area contributed by atoms with E-state index >= 15 is 0 Å². The number of piperazine rings is 1. The molecule has 1 aliphatic rings. The molecule has 1 amide bonds. The fourth-order valence-electron chi connectivity index (χ4n) is 3.41. The van der Waals surface area contributed by atoms with E-state index in [2.05, 4.69) is 30.3 Å². The first-order chi connectivity index (χ1) is 15.0. The SMILES string of the molecule is CCc1nncn1CCNC(=NCC(=O)N(C)C)N1CCN(c2ccc(F)cc2)CC1. The zero-order valence-electron chi connectivity index (χ0n) is 18.5. The number of nitrogens with one attached hydrogen (secondary N) is 1. The van der Waals surface area contributed by atoms with Crippen molar-refractivity contribution in [1.82, 2.24) is 29.9 Å². The first kappa shape index (κ1) is 22.5. The molecule has 0 aliphatic carbocycles. The predicted octanol–water partition coefficient (Wildman–Crippen LogP) is 0.836. The summed E-state index contributed by atoms with van der Waals surface area (Å²) in [5, 5.41) is 11.5. The van der Waals surface area contributed by atoms with Crippen molar-refractivity contribution in [3.8, 4) is 0 Å². The third-order valence-electron chi connectivity index (χ3n) is 5.28. The van der Waals surface area contributed by atoms with Gasteiger partial charge in [-0.2, -0.15) is 0 Å². The van der Waals surface area contributed by atoms with Gasteiger partial charge in [0.15, 0.2) is 5.96 Å². The number of carbonyl (C=O) groups is 1. The monoisotopic (exact) mass is 430 g/mol. The molecular formula is C21H31FN8O. The minimum atomic E-state index is -0.231. The maximum Gasteiger partial charge on any atom is 0.243 e. The molecule has 0 radical (unpaired) electrons. The van der Waals surface area contributed by atoms with Gasteiger partial charge in [-0.05, 0) is 24.3 Å². The number of nitrogens with zero attached hydrogens (tertiary/aromatic N) is 7. The number of benzene rings is 1. The van der Waals surface area contributed by atoms with E-state index in [1.54, 1.807) is 32.6 Å². The molecule has 1 aliphatic heterocycles. The Bertz CT molecular complexity index is 872. The van der Waals surface area contributed by atoms with E-state index < -0.39 is 0 Å². The molecule has 0 unspecified atom stereocenters. The van der Waals surface area contributed by atoms with Gasteiger partial charge < -0.3 is 24.6 Å². The molecule has 2 heterocycles. The summed E-state index contributed by atoms with van der Waals surface area (Å²) in [5.41, 5.74) is 1.01. The van der Waals surface area contributed by atoms with Crippen LogP contribution in [0.25, 0.3) is 0 Å². The van der Waals surface area contributed by atoms with E-state index in [1.165, 1.54) is 17.0 Å². The number of aryl methyl sites for hydroxylation is 1. The maximum absolute atomic E-state index is 13.2. The van der Waals surface area contributed by atoms with E-state index in [0.29, 0.717) is 13.1 Å². The van der Waals surface area contributed by atoms with Crippen LogP contribution in [0.3, 0.4) is 0 Å². The second kappa shape index (κ2) is 10.7. The van der Waals surface area contributed by atoms with Gasteiger partial charge in [0.2, 0.25) is 5.91 Å². The second-order valence-corrected chi connectivity index (χ2v) is 7.60. The number of anilines is 1. The fourth-order valence-corrected chi connectivity index (χ4v) is 3.41. The molecular weight excluding hydrogens is 399 g/mol. The zero-order valence-corrected chi connectivity index (χ0v) is 18.5. The maximum atomic E-state index is 13.2. The van der Waals surface area contributed by atoms with Gasteiger partial charge in [-0.25, -0.2) is 9.38 Å². The Labute approximate surface area is 182 Å². The quantitative estimate of drug-likeness (QED) is 0.518. The molecule has 0 bridgehead atoms. The Hall–Kier alpha value is -3.17. The molecule has 31 heavy (non-hydrogen) atoms. The topological polar surface area (TPSA) is 81.9 Å². The summed E-state index contributed by atoms with van der Waals surface area (Å²) in [4.78, 5) is 22.6. The van der Waals surface area contributed by atoms with Crippen LogP contribution in [0, 0.1) is 5.82 Å². The number of likely N-dealkylation sites (N-methyl/N-ethyl adjacent to an activating group) is 1. The van der Waals surface area contributed by atoms with Gasteiger partial charge in [0.05, 0.1) is 0 Å². The molecule has 0 atom stereocenters. The van der Waals surface area contributed by atoms with Crippen molar-refractivity contribution in [1.29, 1.82) is 0 Å². The average molecular weight is 431 g/mol. The third kappa shape index (κ3) is 6.16. The zero-order chi connectivity index (χ0) is 22.2. The van der Waals surface area contributed by atoms with Crippen LogP contribution in [0.5, 0.6) is 0 Å². The van der Waals surface area contributed by atoms with Crippen LogP contribution in [-0.2, 0) is 17.8 Å². The first-order valence-electron chi connectivity index (χ1n) is 10.6. The Balaban J connectivity index is 1.61. The lowest BCUT2D eigenvalue weighted by Crippen LogP contribution is -2.53. The highest BCUT2D eigenvalue weighted by Crippen LogP contribution is 2.17. The highest BCUT2D eigenvalue weighted by atomic mass is 19.1. The van der Waals surface area contributed by atoms with E-state index in [0.717, 1.165) is 50.1 Å². The molecule has 9 nitrogen and oxygen atoms in total. The Morgan fingerprint density at radius 3 is 2.55 bits per heavy atom. The van der Waals surface area contributed by atoms with Crippen molar-refractivity contribution in [2.45, 2.75) is 19.9 Å². The molecule has 1 aromatic heterocycles. The summed E-state index contributed by atoms with van der Waals surface area (Å²) >= 11 is 0. The van der Waals surface area contributed by atoms with E-state index in [1.807, 2.05) is 11.5 Å². The van der Waals surface area contributed by atoms with Gasteiger partial charge in [0, 0.05) is 65.5 Å². The number of amides is 1. The molecule has 1 saturated heterocycles. The van der Waals surface area contributed by atoms with Crippen LogP contribution in [0.15, 0.2) is 35.6 Å². The average Bonchev–Trinajstić information content (AvgIpc) is 3.24. The summed E-state index contributed by atoms with van der Waals surface area (Å²) < 4.78 is 15.2. The van der Waals surface area contributed by atoms with Gasteiger partial charge in [-0.3, -0.25) is 4.79 Å². The second-order valence-electron chi connectivity index (χ2n) is 7.60.